The first-order valence-corrected chi connectivity index (χ1v) is 7.49. The Kier molecular flexibility index (Phi) is 4.15. The Morgan fingerprint density at radius 1 is 1.53 bits per heavy atom. The number of rotatable bonds is 4. The Labute approximate surface area is 104 Å². The minimum Gasteiger partial charge on any atom is -0.468 e. The van der Waals surface area contributed by atoms with Crippen LogP contribution in [0.5, 0.6) is 0 Å². The van der Waals surface area contributed by atoms with Gasteiger partial charge < -0.3 is 14.5 Å². The zero-order valence-corrected chi connectivity index (χ0v) is 11.5. The average Bonchev–Trinajstić information content (AvgIpc) is 2.67. The van der Waals surface area contributed by atoms with Gasteiger partial charge in [-0.25, -0.2) is 0 Å². The molecule has 0 aliphatic rings. The minimum absolute atomic E-state index is 0.709. The van der Waals surface area contributed by atoms with Crippen LogP contribution in [0, 0.1) is 0 Å². The highest BCUT2D eigenvalue weighted by molar-refractivity contribution is 7.53. The Morgan fingerprint density at radius 3 is 2.47 bits per heavy atom. The second-order valence-corrected chi connectivity index (χ2v) is 6.72. The molecule has 5 nitrogen and oxygen atoms in total. The van der Waals surface area contributed by atoms with Crippen molar-refractivity contribution >= 4 is 24.9 Å². The summed E-state index contributed by atoms with van der Waals surface area (Å²) in [7, 11) is -3.46. The molecule has 0 aliphatic heterocycles. The molecule has 0 aliphatic carbocycles. The predicted octanol–water partition coefficient (Wildman–Crippen LogP) is 1.75. The number of ether oxygens (including phenoxy) is 1. The van der Waals surface area contributed by atoms with E-state index in [-0.39, 0.29) is 0 Å². The highest BCUT2D eigenvalue weighted by atomic mass is 32.1. The highest BCUT2D eigenvalue weighted by Crippen LogP contribution is 2.51. The third-order valence-electron chi connectivity index (χ3n) is 2.71. The van der Waals surface area contributed by atoms with Gasteiger partial charge in [-0.2, -0.15) is 11.3 Å². The molecular formula is C10H15O5PS. The smallest absolute Gasteiger partial charge is 0.340 e. The van der Waals surface area contributed by atoms with E-state index in [0.717, 1.165) is 7.11 Å². The summed E-state index contributed by atoms with van der Waals surface area (Å²) in [6, 6.07) is 1.75. The van der Waals surface area contributed by atoms with E-state index in [1.54, 1.807) is 30.7 Å². The van der Waals surface area contributed by atoms with Crippen LogP contribution >= 0.6 is 18.9 Å². The fraction of sp³-hybridized carbons (Fsp3) is 0.500. The van der Waals surface area contributed by atoms with Crippen molar-refractivity contribution in [3.8, 4) is 0 Å². The molecule has 1 rings (SSSR count). The topological polar surface area (TPSA) is 83.8 Å². The van der Waals surface area contributed by atoms with Crippen LogP contribution in [0.4, 0.5) is 0 Å². The van der Waals surface area contributed by atoms with Gasteiger partial charge in [0, 0.05) is 5.41 Å². The van der Waals surface area contributed by atoms with Crippen molar-refractivity contribution in [3.63, 3.8) is 0 Å². The first kappa shape index (κ1) is 14.4. The second-order valence-electron chi connectivity index (χ2n) is 4.25. The van der Waals surface area contributed by atoms with E-state index < -0.39 is 24.6 Å². The summed E-state index contributed by atoms with van der Waals surface area (Å²) in [5.41, 5.74) is -1.76. The van der Waals surface area contributed by atoms with Crippen molar-refractivity contribution in [2.75, 3.05) is 7.11 Å². The number of thiophene rings is 1. The number of methoxy groups -OCH3 is 1. The number of hydrogen-bond acceptors (Lipinski definition) is 4. The third kappa shape index (κ3) is 2.96. The molecule has 1 atom stereocenters. The van der Waals surface area contributed by atoms with Crippen molar-refractivity contribution in [1.29, 1.82) is 0 Å². The number of hydrogen-bond donors (Lipinski definition) is 2. The van der Waals surface area contributed by atoms with Gasteiger partial charge in [0.2, 0.25) is 0 Å². The van der Waals surface area contributed by atoms with E-state index in [0.29, 0.717) is 5.56 Å². The van der Waals surface area contributed by atoms with E-state index in [9.17, 15) is 19.1 Å². The third-order valence-corrected chi connectivity index (χ3v) is 4.92. The largest absolute Gasteiger partial charge is 0.468 e. The fourth-order valence-corrected chi connectivity index (χ4v) is 3.96. The highest BCUT2D eigenvalue weighted by Gasteiger charge is 2.49. The van der Waals surface area contributed by atoms with E-state index >= 15 is 0 Å². The molecule has 0 spiro atoms. The zero-order chi connectivity index (χ0) is 13.3. The molecule has 0 aromatic carbocycles. The maximum Gasteiger partial charge on any atom is 0.340 e. The minimum atomic E-state index is -4.58. The summed E-state index contributed by atoms with van der Waals surface area (Å²) in [6.45, 7) is 3.24. The van der Waals surface area contributed by atoms with Crippen molar-refractivity contribution in [2.45, 2.75) is 24.9 Å². The van der Waals surface area contributed by atoms with Crippen LogP contribution < -0.4 is 0 Å². The standard InChI is InChI=1S/C10H15O5PS/c1-10(2,7-4-5-17-6-7)8(9(11)15-3)16(12,13)14/h4-6,8H,1-3H3,(H2,12,13,14). The van der Waals surface area contributed by atoms with Gasteiger partial charge in [0.25, 0.3) is 0 Å². The normalized spacial score (nSPS) is 14.4. The molecule has 0 fully saturated rings. The molecule has 0 saturated carbocycles. The van der Waals surface area contributed by atoms with Crippen LogP contribution in [0.1, 0.15) is 19.4 Å². The lowest BCUT2D eigenvalue weighted by molar-refractivity contribution is -0.141. The summed E-state index contributed by atoms with van der Waals surface area (Å²) in [6.07, 6.45) is 0. The molecule has 1 aromatic rings. The first-order chi connectivity index (χ1) is 7.71. The lowest BCUT2D eigenvalue weighted by Crippen LogP contribution is -2.40. The zero-order valence-electron chi connectivity index (χ0n) is 9.78. The predicted molar refractivity (Wildman–Crippen MR) is 65.2 cm³/mol. The van der Waals surface area contributed by atoms with Crippen LogP contribution in [0.25, 0.3) is 0 Å². The molecular weight excluding hydrogens is 263 g/mol. The van der Waals surface area contributed by atoms with Crippen LogP contribution in [0.15, 0.2) is 16.8 Å². The molecule has 0 bridgehead atoms. The van der Waals surface area contributed by atoms with Crippen molar-refractivity contribution in [2.24, 2.45) is 0 Å². The number of carbonyl (C=O) groups excluding carboxylic acids is 1. The monoisotopic (exact) mass is 278 g/mol. The maximum atomic E-state index is 11.6. The Bertz CT molecular complexity index is 434. The fourth-order valence-electron chi connectivity index (χ4n) is 1.75. The molecule has 2 N–H and O–H groups in total. The molecule has 0 saturated heterocycles. The lowest BCUT2D eigenvalue weighted by atomic mass is 9.83. The summed E-state index contributed by atoms with van der Waals surface area (Å²) in [5, 5.41) is 3.57. The van der Waals surface area contributed by atoms with Crippen molar-refractivity contribution in [1.82, 2.24) is 0 Å². The molecule has 96 valence electrons. The van der Waals surface area contributed by atoms with Gasteiger partial charge >= 0.3 is 13.6 Å². The molecule has 0 radical (unpaired) electrons. The molecule has 0 amide bonds. The van der Waals surface area contributed by atoms with E-state index in [1.807, 2.05) is 0 Å². The lowest BCUT2D eigenvalue weighted by Gasteiger charge is -2.32. The molecule has 7 heteroatoms. The SMILES string of the molecule is COC(=O)C(C(C)(C)c1ccsc1)P(=O)(O)O. The summed E-state index contributed by atoms with van der Waals surface area (Å²) >= 11 is 1.41. The van der Waals surface area contributed by atoms with E-state index in [1.165, 1.54) is 11.3 Å². The van der Waals surface area contributed by atoms with Gasteiger partial charge in [-0.05, 0) is 22.4 Å². The van der Waals surface area contributed by atoms with Crippen LogP contribution in [-0.2, 0) is 19.5 Å². The molecule has 1 unspecified atom stereocenters. The van der Waals surface area contributed by atoms with Crippen LogP contribution in [0.2, 0.25) is 0 Å². The molecule has 1 aromatic heterocycles. The van der Waals surface area contributed by atoms with E-state index in [4.69, 9.17) is 0 Å². The van der Waals surface area contributed by atoms with Gasteiger partial charge in [0.1, 0.15) is 0 Å². The quantitative estimate of drug-likeness (QED) is 0.647. The van der Waals surface area contributed by atoms with Crippen LogP contribution in [-0.4, -0.2) is 28.5 Å². The maximum absolute atomic E-state index is 11.6. The van der Waals surface area contributed by atoms with Gasteiger partial charge in [0.15, 0.2) is 5.66 Å². The van der Waals surface area contributed by atoms with Gasteiger partial charge in [-0.3, -0.25) is 9.36 Å². The van der Waals surface area contributed by atoms with Gasteiger partial charge in [-0.1, -0.05) is 13.8 Å². The summed E-state index contributed by atoms with van der Waals surface area (Å²) in [5.74, 6) is -0.894. The number of carbonyl (C=O) groups is 1. The summed E-state index contributed by atoms with van der Waals surface area (Å²) < 4.78 is 16.0. The summed E-state index contributed by atoms with van der Waals surface area (Å²) in [4.78, 5) is 30.2. The first-order valence-electron chi connectivity index (χ1n) is 4.87. The molecule has 1 heterocycles. The molecule has 17 heavy (non-hydrogen) atoms. The van der Waals surface area contributed by atoms with Gasteiger partial charge in [-0.15, -0.1) is 0 Å². The Hall–Kier alpha value is -0.680. The van der Waals surface area contributed by atoms with Crippen LogP contribution in [0.3, 0.4) is 0 Å². The van der Waals surface area contributed by atoms with Crippen molar-refractivity contribution in [3.05, 3.63) is 22.4 Å². The Morgan fingerprint density at radius 2 is 2.12 bits per heavy atom. The number of esters is 1. The van der Waals surface area contributed by atoms with E-state index in [2.05, 4.69) is 4.74 Å². The Balaban J connectivity index is 3.24. The van der Waals surface area contributed by atoms with Gasteiger partial charge in [0.05, 0.1) is 7.11 Å². The average molecular weight is 278 g/mol. The second kappa shape index (κ2) is 4.90. The van der Waals surface area contributed by atoms with Crippen molar-refractivity contribution < 1.29 is 23.9 Å².